The summed E-state index contributed by atoms with van der Waals surface area (Å²) in [6.07, 6.45) is 0. The van der Waals surface area contributed by atoms with Gasteiger partial charge in [-0.15, -0.1) is 0 Å². The van der Waals surface area contributed by atoms with E-state index in [1.54, 1.807) is 34.9 Å². The topological polar surface area (TPSA) is 60.7 Å². The second kappa shape index (κ2) is 7.51. The minimum Gasteiger partial charge on any atom is -0.468 e. The highest BCUT2D eigenvalue weighted by atomic mass is 79.9. The number of hydrogen-bond donors (Lipinski definition) is 0. The summed E-state index contributed by atoms with van der Waals surface area (Å²) in [5.74, 6) is -0.842. The van der Waals surface area contributed by atoms with Crippen LogP contribution in [0.4, 0.5) is 0 Å². The van der Waals surface area contributed by atoms with Crippen LogP contribution in [0.2, 0.25) is 5.02 Å². The van der Waals surface area contributed by atoms with E-state index in [9.17, 15) is 9.59 Å². The molecule has 25 heavy (non-hydrogen) atoms. The number of ether oxygens (including phenoxy) is 1. The van der Waals surface area contributed by atoms with E-state index in [1.165, 1.54) is 18.4 Å². The Morgan fingerprint density at radius 3 is 2.64 bits per heavy atom. The lowest BCUT2D eigenvalue weighted by Gasteiger charge is -2.04. The summed E-state index contributed by atoms with van der Waals surface area (Å²) in [5, 5.41) is 0.482. The first-order valence-electron chi connectivity index (χ1n) is 7.19. The van der Waals surface area contributed by atoms with Gasteiger partial charge < -0.3 is 9.30 Å². The highest BCUT2D eigenvalue weighted by molar-refractivity contribution is 9.10. The van der Waals surface area contributed by atoms with Crippen LogP contribution in [-0.4, -0.2) is 23.6 Å². The van der Waals surface area contributed by atoms with Crippen molar-refractivity contribution in [3.63, 3.8) is 0 Å². The number of carbonyl (C=O) groups excluding carboxylic acids is 2. The first-order valence-corrected chi connectivity index (χ1v) is 9.17. The number of esters is 1. The third-order valence-electron chi connectivity index (χ3n) is 3.46. The molecule has 3 rings (SSSR count). The van der Waals surface area contributed by atoms with E-state index in [-0.39, 0.29) is 6.54 Å². The minimum absolute atomic E-state index is 0.0767. The van der Waals surface area contributed by atoms with Crippen molar-refractivity contribution >= 4 is 61.0 Å². The summed E-state index contributed by atoms with van der Waals surface area (Å²) in [6, 6.07) is 12.3. The summed E-state index contributed by atoms with van der Waals surface area (Å²) < 4.78 is 8.05. The van der Waals surface area contributed by atoms with Crippen LogP contribution in [-0.2, 0) is 16.1 Å². The molecule has 1 heterocycles. The van der Waals surface area contributed by atoms with Gasteiger partial charge in [0.25, 0.3) is 5.91 Å². The lowest BCUT2D eigenvalue weighted by atomic mass is 10.2. The standard InChI is InChI=1S/C17H12BrClN2O3S/c1-24-14(22)9-21-15-12(19)3-2-4-13(15)25-17(21)20-16(23)10-5-7-11(18)8-6-10/h2-8H,9H2,1H3. The molecule has 0 bridgehead atoms. The van der Waals surface area contributed by atoms with Gasteiger partial charge in [-0.05, 0) is 36.4 Å². The molecule has 0 atom stereocenters. The number of nitrogens with zero attached hydrogens (tertiary/aromatic N) is 2. The normalized spacial score (nSPS) is 11.7. The molecule has 128 valence electrons. The average molecular weight is 440 g/mol. The number of benzene rings is 2. The number of aromatic nitrogens is 1. The highest BCUT2D eigenvalue weighted by Crippen LogP contribution is 2.25. The van der Waals surface area contributed by atoms with Crippen LogP contribution in [0.1, 0.15) is 10.4 Å². The SMILES string of the molecule is COC(=O)Cn1c(=NC(=O)c2ccc(Br)cc2)sc2cccc(Cl)c21. The first-order chi connectivity index (χ1) is 12.0. The molecule has 0 radical (unpaired) electrons. The zero-order valence-corrected chi connectivity index (χ0v) is 16.2. The van der Waals surface area contributed by atoms with E-state index in [0.717, 1.165) is 9.17 Å². The maximum absolute atomic E-state index is 12.5. The number of methoxy groups -OCH3 is 1. The fraction of sp³-hybridized carbons (Fsp3) is 0.118. The van der Waals surface area contributed by atoms with E-state index < -0.39 is 11.9 Å². The third kappa shape index (κ3) is 3.84. The van der Waals surface area contributed by atoms with Crippen molar-refractivity contribution < 1.29 is 14.3 Å². The van der Waals surface area contributed by atoms with Crippen molar-refractivity contribution in [3.05, 3.63) is 62.3 Å². The van der Waals surface area contributed by atoms with Gasteiger partial charge in [0.05, 0.1) is 22.3 Å². The zero-order chi connectivity index (χ0) is 18.0. The van der Waals surface area contributed by atoms with Crippen LogP contribution in [0.5, 0.6) is 0 Å². The molecular weight excluding hydrogens is 428 g/mol. The number of rotatable bonds is 3. The van der Waals surface area contributed by atoms with Gasteiger partial charge in [0.15, 0.2) is 4.80 Å². The van der Waals surface area contributed by atoms with Gasteiger partial charge in [-0.2, -0.15) is 4.99 Å². The second-order valence-corrected chi connectivity index (χ2v) is 7.39. The predicted molar refractivity (Wildman–Crippen MR) is 101 cm³/mol. The maximum atomic E-state index is 12.5. The molecule has 8 heteroatoms. The summed E-state index contributed by atoms with van der Waals surface area (Å²) >= 11 is 10.9. The fourth-order valence-electron chi connectivity index (χ4n) is 2.26. The number of halogens is 2. The van der Waals surface area contributed by atoms with Crippen LogP contribution in [0.3, 0.4) is 0 Å². The number of hydrogen-bond acceptors (Lipinski definition) is 4. The van der Waals surface area contributed by atoms with E-state index in [2.05, 4.69) is 20.9 Å². The van der Waals surface area contributed by atoms with Gasteiger partial charge in [-0.25, -0.2) is 0 Å². The lowest BCUT2D eigenvalue weighted by molar-refractivity contribution is -0.141. The molecule has 0 aliphatic heterocycles. The smallest absolute Gasteiger partial charge is 0.325 e. The van der Waals surface area contributed by atoms with Crippen LogP contribution < -0.4 is 4.80 Å². The molecule has 0 saturated carbocycles. The molecule has 0 spiro atoms. The Labute approximate surface area is 160 Å². The van der Waals surface area contributed by atoms with Crippen LogP contribution in [0, 0.1) is 0 Å². The van der Waals surface area contributed by atoms with Gasteiger partial charge in [0.1, 0.15) is 6.54 Å². The van der Waals surface area contributed by atoms with Crippen molar-refractivity contribution in [2.45, 2.75) is 6.54 Å². The van der Waals surface area contributed by atoms with E-state index >= 15 is 0 Å². The molecule has 5 nitrogen and oxygen atoms in total. The monoisotopic (exact) mass is 438 g/mol. The number of amides is 1. The average Bonchev–Trinajstić information content (AvgIpc) is 2.93. The second-order valence-electron chi connectivity index (χ2n) is 5.06. The molecule has 0 unspecified atom stereocenters. The largest absolute Gasteiger partial charge is 0.468 e. The fourth-order valence-corrected chi connectivity index (χ4v) is 3.91. The van der Waals surface area contributed by atoms with Crippen molar-refractivity contribution in [2.24, 2.45) is 4.99 Å². The summed E-state index contributed by atoms with van der Waals surface area (Å²) in [7, 11) is 1.31. The van der Waals surface area contributed by atoms with Crippen LogP contribution in [0.25, 0.3) is 10.2 Å². The molecule has 1 amide bonds. The summed E-state index contributed by atoms with van der Waals surface area (Å²) in [6.45, 7) is -0.0767. The number of para-hydroxylation sites is 1. The van der Waals surface area contributed by atoms with Crippen molar-refractivity contribution in [3.8, 4) is 0 Å². The Morgan fingerprint density at radius 2 is 1.96 bits per heavy atom. The molecule has 0 saturated heterocycles. The summed E-state index contributed by atoms with van der Waals surface area (Å²) in [4.78, 5) is 28.8. The third-order valence-corrected chi connectivity index (χ3v) is 5.33. The number of carbonyl (C=O) groups is 2. The molecule has 0 aliphatic carbocycles. The molecule has 1 aromatic heterocycles. The van der Waals surface area contributed by atoms with Crippen LogP contribution >= 0.6 is 38.9 Å². The lowest BCUT2D eigenvalue weighted by Crippen LogP contribution is -2.22. The zero-order valence-electron chi connectivity index (χ0n) is 13.0. The quantitative estimate of drug-likeness (QED) is 0.579. The van der Waals surface area contributed by atoms with Crippen molar-refractivity contribution in [2.75, 3.05) is 7.11 Å². The number of thiazole rings is 1. The van der Waals surface area contributed by atoms with Crippen molar-refractivity contribution in [1.29, 1.82) is 0 Å². The van der Waals surface area contributed by atoms with Gasteiger partial charge in [-0.1, -0.05) is 44.9 Å². The van der Waals surface area contributed by atoms with Gasteiger partial charge >= 0.3 is 5.97 Å². The Morgan fingerprint density at radius 1 is 1.24 bits per heavy atom. The Hall–Kier alpha value is -1.96. The van der Waals surface area contributed by atoms with Gasteiger partial charge in [0, 0.05) is 10.0 Å². The molecule has 2 aromatic carbocycles. The van der Waals surface area contributed by atoms with E-state index in [0.29, 0.717) is 20.9 Å². The molecule has 0 aliphatic rings. The number of fused-ring (bicyclic) bond motifs is 1. The Bertz CT molecular complexity index is 1020. The Kier molecular flexibility index (Phi) is 5.36. The van der Waals surface area contributed by atoms with Gasteiger partial charge in [-0.3, -0.25) is 9.59 Å². The molecule has 3 aromatic rings. The maximum Gasteiger partial charge on any atom is 0.325 e. The molecule has 0 N–H and O–H groups in total. The minimum atomic E-state index is -0.447. The predicted octanol–water partition coefficient (Wildman–Crippen LogP) is 4.03. The highest BCUT2D eigenvalue weighted by Gasteiger charge is 2.14. The van der Waals surface area contributed by atoms with Crippen LogP contribution in [0.15, 0.2) is 51.9 Å². The van der Waals surface area contributed by atoms with E-state index in [1.807, 2.05) is 12.1 Å². The molecular formula is C17H12BrClN2O3S. The van der Waals surface area contributed by atoms with Crippen molar-refractivity contribution in [1.82, 2.24) is 4.57 Å². The molecule has 0 fully saturated rings. The first kappa shape index (κ1) is 17.8. The van der Waals surface area contributed by atoms with E-state index in [4.69, 9.17) is 16.3 Å². The Balaban J connectivity index is 2.15. The van der Waals surface area contributed by atoms with Gasteiger partial charge in [0.2, 0.25) is 0 Å². The summed E-state index contributed by atoms with van der Waals surface area (Å²) in [5.41, 5.74) is 1.11.